The fraction of sp³-hybridized carbons (Fsp3) is 0.643. The second-order valence-corrected chi connectivity index (χ2v) is 5.29. The number of carbonyl (C=O) groups excluding carboxylic acids is 1. The van der Waals surface area contributed by atoms with E-state index in [0.717, 1.165) is 25.9 Å². The van der Waals surface area contributed by atoms with Crippen molar-refractivity contribution in [1.82, 2.24) is 20.6 Å². The molecule has 1 unspecified atom stereocenters. The Bertz CT molecular complexity index is 540. The minimum absolute atomic E-state index is 0.124. The van der Waals surface area contributed by atoms with Gasteiger partial charge in [-0.3, -0.25) is 9.78 Å². The molecule has 0 aliphatic carbocycles. The highest BCUT2D eigenvalue weighted by molar-refractivity contribution is 5.73. The number of carbonyl (C=O) groups is 1. The fourth-order valence-corrected chi connectivity index (χ4v) is 2.26. The summed E-state index contributed by atoms with van der Waals surface area (Å²) in [6.45, 7) is 3.96. The molecule has 2 rings (SSSR count). The summed E-state index contributed by atoms with van der Waals surface area (Å²) in [7, 11) is 0. The summed E-state index contributed by atoms with van der Waals surface area (Å²) < 4.78 is 5.54. The van der Waals surface area contributed by atoms with E-state index in [1.165, 1.54) is 6.07 Å². The van der Waals surface area contributed by atoms with Crippen LogP contribution in [0.2, 0.25) is 0 Å². The first-order valence-corrected chi connectivity index (χ1v) is 7.58. The van der Waals surface area contributed by atoms with Gasteiger partial charge in [-0.15, -0.1) is 0 Å². The van der Waals surface area contributed by atoms with Crippen LogP contribution in [-0.4, -0.2) is 48.3 Å². The van der Waals surface area contributed by atoms with Gasteiger partial charge in [0.2, 0.25) is 5.95 Å². The van der Waals surface area contributed by atoms with E-state index >= 15 is 0 Å². The molecule has 4 N–H and O–H groups in total. The first kappa shape index (κ1) is 16.3. The van der Waals surface area contributed by atoms with Gasteiger partial charge in [-0.2, -0.15) is 0 Å². The zero-order chi connectivity index (χ0) is 15.8. The number of hydrogen-bond acceptors (Lipinski definition) is 5. The predicted octanol–water partition coefficient (Wildman–Crippen LogP) is 0.359. The number of hydrogen-bond donors (Lipinski definition) is 4. The molecule has 1 aromatic rings. The molecule has 2 heterocycles. The van der Waals surface area contributed by atoms with Crippen molar-refractivity contribution in [1.29, 1.82) is 0 Å². The quantitative estimate of drug-likeness (QED) is 0.567. The molecule has 8 nitrogen and oxygen atoms in total. The van der Waals surface area contributed by atoms with Crippen LogP contribution in [-0.2, 0) is 4.74 Å². The van der Waals surface area contributed by atoms with Crippen molar-refractivity contribution in [3.63, 3.8) is 0 Å². The normalized spacial score (nSPS) is 17.8. The molecule has 0 spiro atoms. The molecule has 1 aliphatic rings. The van der Waals surface area contributed by atoms with E-state index < -0.39 is 0 Å². The van der Waals surface area contributed by atoms with Crippen LogP contribution in [0.15, 0.2) is 10.9 Å². The maximum absolute atomic E-state index is 11.6. The van der Waals surface area contributed by atoms with Crippen LogP contribution in [0.1, 0.15) is 25.0 Å². The van der Waals surface area contributed by atoms with Gasteiger partial charge in [0.15, 0.2) is 0 Å². The molecule has 0 aromatic carbocycles. The third-order valence-corrected chi connectivity index (χ3v) is 3.34. The number of amides is 2. The monoisotopic (exact) mass is 309 g/mol. The number of aromatic nitrogens is 2. The Morgan fingerprint density at radius 3 is 3.00 bits per heavy atom. The lowest BCUT2D eigenvalue weighted by molar-refractivity contribution is 0.0185. The Balaban J connectivity index is 1.59. The lowest BCUT2D eigenvalue weighted by atomic mass is 10.1. The second-order valence-electron chi connectivity index (χ2n) is 5.29. The number of urea groups is 1. The van der Waals surface area contributed by atoms with Crippen molar-refractivity contribution in [3.05, 3.63) is 22.1 Å². The highest BCUT2D eigenvalue weighted by atomic mass is 16.5. The van der Waals surface area contributed by atoms with Gasteiger partial charge >= 0.3 is 6.03 Å². The fourth-order valence-electron chi connectivity index (χ4n) is 2.26. The first-order chi connectivity index (χ1) is 10.6. The molecule has 22 heavy (non-hydrogen) atoms. The average Bonchev–Trinajstić information content (AvgIpc) is 2.50. The summed E-state index contributed by atoms with van der Waals surface area (Å²) in [6, 6.07) is 1.20. The van der Waals surface area contributed by atoms with Gasteiger partial charge in [0.1, 0.15) is 0 Å². The molecule has 1 aromatic heterocycles. The Morgan fingerprint density at radius 1 is 1.41 bits per heavy atom. The molecule has 0 saturated carbocycles. The van der Waals surface area contributed by atoms with E-state index in [9.17, 15) is 9.59 Å². The number of rotatable bonds is 6. The first-order valence-electron chi connectivity index (χ1n) is 7.58. The maximum Gasteiger partial charge on any atom is 0.314 e. The molecule has 0 radical (unpaired) electrons. The molecule has 1 atom stereocenters. The van der Waals surface area contributed by atoms with Crippen molar-refractivity contribution in [2.75, 3.05) is 31.6 Å². The summed E-state index contributed by atoms with van der Waals surface area (Å²) in [4.78, 5) is 29.6. The van der Waals surface area contributed by atoms with E-state index in [-0.39, 0.29) is 17.7 Å². The van der Waals surface area contributed by atoms with Crippen molar-refractivity contribution in [2.24, 2.45) is 0 Å². The van der Waals surface area contributed by atoms with E-state index in [4.69, 9.17) is 4.74 Å². The molecular formula is C14H23N5O3. The van der Waals surface area contributed by atoms with E-state index in [2.05, 4.69) is 25.9 Å². The number of nitrogens with zero attached hydrogens (tertiary/aromatic N) is 1. The molecule has 8 heteroatoms. The molecule has 1 saturated heterocycles. The maximum atomic E-state index is 11.6. The van der Waals surface area contributed by atoms with Gasteiger partial charge in [0, 0.05) is 38.0 Å². The summed E-state index contributed by atoms with van der Waals surface area (Å²) >= 11 is 0. The summed E-state index contributed by atoms with van der Waals surface area (Å²) in [5.41, 5.74) is 0.442. The van der Waals surface area contributed by atoms with Crippen LogP contribution in [0.25, 0.3) is 0 Å². The standard InChI is InChI=1S/C14H23N5O3/c1-10-8-12(20)19-13(18-10)15-5-6-16-14(21)17-9-11-4-2-3-7-22-11/h8,11H,2-7,9H2,1H3,(H2,16,17,21)(H2,15,18,19,20). The molecule has 122 valence electrons. The molecule has 1 fully saturated rings. The summed E-state index contributed by atoms with van der Waals surface area (Å²) in [5.74, 6) is 0.405. The second kappa shape index (κ2) is 8.38. The average molecular weight is 309 g/mol. The van der Waals surface area contributed by atoms with E-state index in [1.807, 2.05) is 0 Å². The largest absolute Gasteiger partial charge is 0.376 e. The number of aryl methyl sites for hydroxylation is 1. The number of nitrogens with one attached hydrogen (secondary N) is 4. The zero-order valence-electron chi connectivity index (χ0n) is 12.8. The third-order valence-electron chi connectivity index (χ3n) is 3.34. The highest BCUT2D eigenvalue weighted by Gasteiger charge is 2.14. The van der Waals surface area contributed by atoms with Crippen LogP contribution in [0, 0.1) is 6.92 Å². The molecule has 1 aliphatic heterocycles. The zero-order valence-corrected chi connectivity index (χ0v) is 12.8. The Morgan fingerprint density at radius 2 is 2.27 bits per heavy atom. The summed E-state index contributed by atoms with van der Waals surface area (Å²) in [5, 5.41) is 8.48. The lowest BCUT2D eigenvalue weighted by Crippen LogP contribution is -2.42. The van der Waals surface area contributed by atoms with Gasteiger partial charge in [-0.25, -0.2) is 9.78 Å². The van der Waals surface area contributed by atoms with Crippen LogP contribution < -0.4 is 21.5 Å². The SMILES string of the molecule is Cc1cc(=O)[nH]c(NCCNC(=O)NCC2CCCCO2)n1. The number of H-pyrrole nitrogens is 1. The van der Waals surface area contributed by atoms with Gasteiger partial charge in [0.25, 0.3) is 5.56 Å². The van der Waals surface area contributed by atoms with Gasteiger partial charge in [-0.05, 0) is 26.2 Å². The van der Waals surface area contributed by atoms with Crippen LogP contribution >= 0.6 is 0 Å². The predicted molar refractivity (Wildman–Crippen MR) is 83.1 cm³/mol. The minimum atomic E-state index is -0.221. The van der Waals surface area contributed by atoms with Crippen LogP contribution in [0.4, 0.5) is 10.7 Å². The molecule has 0 bridgehead atoms. The van der Waals surface area contributed by atoms with Crippen molar-refractivity contribution >= 4 is 12.0 Å². The van der Waals surface area contributed by atoms with Gasteiger partial charge in [-0.1, -0.05) is 0 Å². The van der Waals surface area contributed by atoms with E-state index in [0.29, 0.717) is 31.3 Å². The van der Waals surface area contributed by atoms with Gasteiger partial charge in [0.05, 0.1) is 6.10 Å². The number of anilines is 1. The lowest BCUT2D eigenvalue weighted by Gasteiger charge is -2.22. The topological polar surface area (TPSA) is 108 Å². The Labute approximate surface area is 129 Å². The van der Waals surface area contributed by atoms with Crippen molar-refractivity contribution < 1.29 is 9.53 Å². The highest BCUT2D eigenvalue weighted by Crippen LogP contribution is 2.11. The Hall–Kier alpha value is -2.09. The summed E-state index contributed by atoms with van der Waals surface area (Å²) in [6.07, 6.45) is 3.37. The number of aromatic amines is 1. The minimum Gasteiger partial charge on any atom is -0.376 e. The van der Waals surface area contributed by atoms with Gasteiger partial charge < -0.3 is 20.7 Å². The van der Waals surface area contributed by atoms with Crippen LogP contribution in [0.3, 0.4) is 0 Å². The smallest absolute Gasteiger partial charge is 0.314 e. The molecular weight excluding hydrogens is 286 g/mol. The molecule has 2 amide bonds. The Kier molecular flexibility index (Phi) is 6.20. The van der Waals surface area contributed by atoms with E-state index in [1.54, 1.807) is 6.92 Å². The van der Waals surface area contributed by atoms with Crippen LogP contribution in [0.5, 0.6) is 0 Å². The third kappa shape index (κ3) is 5.72. The van der Waals surface area contributed by atoms with Crippen molar-refractivity contribution in [3.8, 4) is 0 Å². The number of ether oxygens (including phenoxy) is 1. The van der Waals surface area contributed by atoms with Crippen molar-refractivity contribution in [2.45, 2.75) is 32.3 Å².